The van der Waals surface area contributed by atoms with Crippen LogP contribution in [-0.2, 0) is 14.7 Å². The van der Waals surface area contributed by atoms with E-state index in [0.29, 0.717) is 16.2 Å². The monoisotopic (exact) mass is 312 g/mol. The number of esters is 1. The zero-order valence-electron chi connectivity index (χ0n) is 13.3. The molecule has 2 rings (SSSR count). The summed E-state index contributed by atoms with van der Waals surface area (Å²) in [6.07, 6.45) is 0. The van der Waals surface area contributed by atoms with Crippen LogP contribution < -0.4 is 5.06 Å². The Kier molecular flexibility index (Phi) is 4.81. The highest BCUT2D eigenvalue weighted by atomic mass is 16.5. The maximum absolute atomic E-state index is 12.3. The van der Waals surface area contributed by atoms with Gasteiger partial charge in [-0.05, 0) is 38.1 Å². The molecule has 0 aliphatic carbocycles. The van der Waals surface area contributed by atoms with Crippen molar-refractivity contribution in [3.05, 3.63) is 65.7 Å². The molecule has 0 aliphatic heterocycles. The van der Waals surface area contributed by atoms with Crippen LogP contribution in [-0.4, -0.2) is 24.4 Å². The molecule has 0 atom stereocenters. The quantitative estimate of drug-likeness (QED) is 0.483. The number of hydroxylamine groups is 1. The summed E-state index contributed by atoms with van der Waals surface area (Å²) in [6.45, 7) is 2.96. The van der Waals surface area contributed by atoms with Gasteiger partial charge in [-0.25, -0.2) is 9.86 Å². The minimum Gasteiger partial charge on any atom is -0.467 e. The number of ketones is 1. The standard InChI is InChI=1S/C18H18NO4/c1-18(2,17(21)23-3)19(22)15-11-9-14(10-12-15)16(20)13-7-5-4-6-8-13/h4-12H,1-3H3. The summed E-state index contributed by atoms with van der Waals surface area (Å²) in [7, 11) is 1.24. The molecule has 0 saturated carbocycles. The third-order valence-corrected chi connectivity index (χ3v) is 3.59. The number of anilines is 1. The minimum atomic E-state index is -1.35. The molecule has 1 radical (unpaired) electrons. The fourth-order valence-corrected chi connectivity index (χ4v) is 2.16. The number of rotatable bonds is 5. The van der Waals surface area contributed by atoms with Gasteiger partial charge in [0.15, 0.2) is 11.3 Å². The van der Waals surface area contributed by atoms with Crippen LogP contribution in [0.25, 0.3) is 0 Å². The molecule has 23 heavy (non-hydrogen) atoms. The van der Waals surface area contributed by atoms with E-state index in [0.717, 1.165) is 0 Å². The van der Waals surface area contributed by atoms with Crippen molar-refractivity contribution in [2.45, 2.75) is 19.4 Å². The first-order valence-electron chi connectivity index (χ1n) is 7.13. The largest absolute Gasteiger partial charge is 0.467 e. The Morgan fingerprint density at radius 2 is 1.43 bits per heavy atom. The SMILES string of the molecule is COC(=O)C(C)(C)N([O])c1ccc(C(=O)c2ccccc2)cc1. The number of nitrogens with zero attached hydrogens (tertiary/aromatic N) is 1. The third-order valence-electron chi connectivity index (χ3n) is 3.59. The van der Waals surface area contributed by atoms with E-state index < -0.39 is 11.5 Å². The Morgan fingerprint density at radius 3 is 1.96 bits per heavy atom. The number of carbonyl (C=O) groups excluding carboxylic acids is 2. The van der Waals surface area contributed by atoms with Crippen molar-refractivity contribution in [3.63, 3.8) is 0 Å². The average Bonchev–Trinajstić information content (AvgIpc) is 2.60. The predicted molar refractivity (Wildman–Crippen MR) is 85.6 cm³/mol. The maximum Gasteiger partial charge on any atom is 0.333 e. The van der Waals surface area contributed by atoms with Gasteiger partial charge in [-0.2, -0.15) is 0 Å². The average molecular weight is 312 g/mol. The first-order chi connectivity index (χ1) is 10.9. The lowest BCUT2D eigenvalue weighted by Gasteiger charge is -2.29. The molecule has 119 valence electrons. The molecular formula is C18H18NO4. The Balaban J connectivity index is 2.23. The summed E-state index contributed by atoms with van der Waals surface area (Å²) >= 11 is 0. The molecule has 0 N–H and O–H groups in total. The van der Waals surface area contributed by atoms with Gasteiger partial charge in [0.05, 0.1) is 12.8 Å². The van der Waals surface area contributed by atoms with E-state index in [-0.39, 0.29) is 11.5 Å². The number of carbonyl (C=O) groups is 2. The Labute approximate surface area is 135 Å². The minimum absolute atomic E-state index is 0.123. The maximum atomic E-state index is 12.3. The molecule has 2 aromatic rings. The van der Waals surface area contributed by atoms with Crippen LogP contribution >= 0.6 is 0 Å². The molecule has 0 unspecified atom stereocenters. The van der Waals surface area contributed by atoms with Crippen molar-refractivity contribution in [1.29, 1.82) is 0 Å². The zero-order valence-corrected chi connectivity index (χ0v) is 13.3. The Bertz CT molecular complexity index is 693. The van der Waals surface area contributed by atoms with Crippen LogP contribution in [0, 0.1) is 0 Å². The van der Waals surface area contributed by atoms with Crippen LogP contribution in [0.15, 0.2) is 54.6 Å². The van der Waals surface area contributed by atoms with Gasteiger partial charge in [0, 0.05) is 11.1 Å². The lowest BCUT2D eigenvalue weighted by molar-refractivity contribution is -0.149. The van der Waals surface area contributed by atoms with Gasteiger partial charge in [0.2, 0.25) is 0 Å². The van der Waals surface area contributed by atoms with E-state index in [4.69, 9.17) is 0 Å². The molecule has 0 amide bonds. The number of hydrogen-bond acceptors (Lipinski definition) is 4. The van der Waals surface area contributed by atoms with Crippen molar-refractivity contribution in [3.8, 4) is 0 Å². The topological polar surface area (TPSA) is 66.5 Å². The molecule has 0 bridgehead atoms. The summed E-state index contributed by atoms with van der Waals surface area (Å²) in [6, 6.07) is 15.1. The van der Waals surface area contributed by atoms with E-state index in [1.165, 1.54) is 33.1 Å². The van der Waals surface area contributed by atoms with Crippen LogP contribution in [0.1, 0.15) is 29.8 Å². The summed E-state index contributed by atoms with van der Waals surface area (Å²) in [4.78, 5) is 24.0. The highest BCUT2D eigenvalue weighted by Crippen LogP contribution is 2.24. The van der Waals surface area contributed by atoms with Gasteiger partial charge in [-0.3, -0.25) is 4.79 Å². The summed E-state index contributed by atoms with van der Waals surface area (Å²) in [5.74, 6) is -0.751. The first kappa shape index (κ1) is 16.7. The van der Waals surface area contributed by atoms with Gasteiger partial charge in [0.25, 0.3) is 0 Å². The second-order valence-corrected chi connectivity index (χ2v) is 5.59. The molecule has 0 fully saturated rings. The normalized spacial score (nSPS) is 11.0. The van der Waals surface area contributed by atoms with Gasteiger partial charge in [0.1, 0.15) is 0 Å². The fraction of sp³-hybridized carbons (Fsp3) is 0.222. The molecule has 0 spiro atoms. The fourth-order valence-electron chi connectivity index (χ4n) is 2.16. The number of ether oxygens (including phenoxy) is 1. The Morgan fingerprint density at radius 1 is 0.913 bits per heavy atom. The van der Waals surface area contributed by atoms with Gasteiger partial charge in [-0.15, -0.1) is 0 Å². The molecule has 0 aromatic heterocycles. The van der Waals surface area contributed by atoms with E-state index in [9.17, 15) is 14.8 Å². The highest BCUT2D eigenvalue weighted by Gasteiger charge is 2.37. The molecule has 0 aliphatic rings. The number of benzene rings is 2. The summed E-state index contributed by atoms with van der Waals surface area (Å²) in [5, 5.41) is 12.9. The van der Waals surface area contributed by atoms with E-state index in [2.05, 4.69) is 4.74 Å². The second-order valence-electron chi connectivity index (χ2n) is 5.59. The van der Waals surface area contributed by atoms with Crippen LogP contribution in [0.3, 0.4) is 0 Å². The van der Waals surface area contributed by atoms with E-state index in [1.54, 1.807) is 36.4 Å². The number of hydrogen-bond donors (Lipinski definition) is 0. The van der Waals surface area contributed by atoms with Crippen molar-refractivity contribution in [2.75, 3.05) is 12.2 Å². The Hall–Kier alpha value is -2.66. The molecule has 0 heterocycles. The molecule has 5 heteroatoms. The van der Waals surface area contributed by atoms with Crippen LogP contribution in [0.2, 0.25) is 0 Å². The second kappa shape index (κ2) is 6.62. The van der Waals surface area contributed by atoms with Crippen molar-refractivity contribution >= 4 is 17.4 Å². The summed E-state index contributed by atoms with van der Waals surface area (Å²) < 4.78 is 4.64. The molecule has 5 nitrogen and oxygen atoms in total. The lowest BCUT2D eigenvalue weighted by Crippen LogP contribution is -2.48. The van der Waals surface area contributed by atoms with Crippen LogP contribution in [0.4, 0.5) is 5.69 Å². The van der Waals surface area contributed by atoms with Crippen molar-refractivity contribution in [1.82, 2.24) is 0 Å². The molecular weight excluding hydrogens is 294 g/mol. The lowest BCUT2D eigenvalue weighted by atomic mass is 10.0. The van der Waals surface area contributed by atoms with Crippen LogP contribution in [0.5, 0.6) is 0 Å². The highest BCUT2D eigenvalue weighted by molar-refractivity contribution is 6.09. The molecule has 2 aromatic carbocycles. The zero-order chi connectivity index (χ0) is 17.0. The van der Waals surface area contributed by atoms with Crippen molar-refractivity contribution in [2.24, 2.45) is 0 Å². The third kappa shape index (κ3) is 3.40. The van der Waals surface area contributed by atoms with Gasteiger partial charge < -0.3 is 4.74 Å². The van der Waals surface area contributed by atoms with Gasteiger partial charge in [-0.1, -0.05) is 35.5 Å². The van der Waals surface area contributed by atoms with Crippen molar-refractivity contribution < 1.29 is 19.5 Å². The van der Waals surface area contributed by atoms with E-state index >= 15 is 0 Å². The van der Waals surface area contributed by atoms with Gasteiger partial charge >= 0.3 is 5.97 Å². The van der Waals surface area contributed by atoms with E-state index in [1.807, 2.05) is 6.07 Å². The first-order valence-corrected chi connectivity index (χ1v) is 7.13. The summed E-state index contributed by atoms with van der Waals surface area (Å²) in [5.41, 5.74) is -0.0111. The smallest absolute Gasteiger partial charge is 0.333 e. The molecule has 0 saturated heterocycles. The number of methoxy groups -OCH3 is 1. The predicted octanol–water partition coefficient (Wildman–Crippen LogP) is 3.02.